The first-order chi connectivity index (χ1) is 15.4. The summed E-state index contributed by atoms with van der Waals surface area (Å²) in [7, 11) is 1.56. The largest absolute Gasteiger partial charge is 0.333 e. The van der Waals surface area contributed by atoms with E-state index in [1.807, 2.05) is 71.4 Å². The Morgan fingerprint density at radius 2 is 1.59 bits per heavy atom. The second kappa shape index (κ2) is 7.19. The highest BCUT2D eigenvalue weighted by Crippen LogP contribution is 2.28. The van der Waals surface area contributed by atoms with Crippen molar-refractivity contribution in [1.82, 2.24) is 23.1 Å². The van der Waals surface area contributed by atoms with E-state index in [4.69, 9.17) is 4.98 Å². The molecule has 8 nitrogen and oxygen atoms in total. The molecule has 5 aromatic rings. The number of para-hydroxylation sites is 1. The van der Waals surface area contributed by atoms with Gasteiger partial charge in [0.15, 0.2) is 16.9 Å². The third-order valence-electron chi connectivity index (χ3n) is 5.86. The van der Waals surface area contributed by atoms with E-state index in [1.165, 1.54) is 11.5 Å². The van der Waals surface area contributed by atoms with Crippen molar-refractivity contribution in [2.75, 3.05) is 0 Å². The molecule has 0 amide bonds. The van der Waals surface area contributed by atoms with Crippen molar-refractivity contribution in [3.05, 3.63) is 87.7 Å². The Balaban J connectivity index is 1.96. The number of aromatic nitrogens is 5. The van der Waals surface area contributed by atoms with Gasteiger partial charge in [0.2, 0.25) is 5.78 Å². The summed E-state index contributed by atoms with van der Waals surface area (Å²) in [6.45, 7) is 2.92. The van der Waals surface area contributed by atoms with Crippen molar-refractivity contribution < 1.29 is 4.79 Å². The van der Waals surface area contributed by atoms with Crippen LogP contribution in [0.15, 0.2) is 76.4 Å². The topological polar surface area (TPSA) is 83.3 Å². The van der Waals surface area contributed by atoms with Crippen LogP contribution in [0.3, 0.4) is 0 Å². The molecule has 0 aliphatic carbocycles. The summed E-state index contributed by atoms with van der Waals surface area (Å²) in [4.78, 5) is 43.0. The number of imidazole rings is 2. The average Bonchev–Trinajstić information content (AvgIpc) is 3.35. The minimum atomic E-state index is -0.874. The fraction of sp³-hybridized carbons (Fsp3) is 0.167. The normalized spacial score (nSPS) is 12.5. The van der Waals surface area contributed by atoms with Crippen LogP contribution in [0.4, 0.5) is 0 Å². The van der Waals surface area contributed by atoms with E-state index in [1.54, 1.807) is 18.4 Å². The summed E-state index contributed by atoms with van der Waals surface area (Å²) in [5, 5.41) is 0. The van der Waals surface area contributed by atoms with Gasteiger partial charge in [-0.25, -0.2) is 9.36 Å². The predicted octanol–water partition coefficient (Wildman–Crippen LogP) is 2.96. The average molecular weight is 427 g/mol. The van der Waals surface area contributed by atoms with E-state index >= 15 is 0 Å². The lowest BCUT2D eigenvalue weighted by Gasteiger charge is -2.12. The van der Waals surface area contributed by atoms with Gasteiger partial charge in [-0.2, -0.15) is 4.98 Å². The van der Waals surface area contributed by atoms with Gasteiger partial charge in [0.05, 0.1) is 11.7 Å². The summed E-state index contributed by atoms with van der Waals surface area (Å²) in [5.74, 6) is 0.238. The van der Waals surface area contributed by atoms with Crippen LogP contribution >= 0.6 is 0 Å². The first-order valence-corrected chi connectivity index (χ1v) is 10.3. The molecule has 8 heteroatoms. The van der Waals surface area contributed by atoms with Gasteiger partial charge in [-0.05, 0) is 26.0 Å². The Labute approximate surface area is 182 Å². The number of fused-ring (bicyclic) bond motifs is 3. The Morgan fingerprint density at radius 3 is 2.22 bits per heavy atom. The number of aryl methyl sites for hydroxylation is 1. The van der Waals surface area contributed by atoms with Crippen LogP contribution in [0.1, 0.15) is 19.9 Å². The zero-order valence-electron chi connectivity index (χ0n) is 17.9. The minimum Gasteiger partial charge on any atom is -0.298 e. The number of rotatable bonds is 4. The standard InChI is InChI=1S/C24H21N5O3/c1-15(16(2)30)28-22(31)20-21(26(3)24(28)32)25-23-27(20)14-19(17-10-6-4-7-11-17)29(23)18-12-8-5-9-13-18/h4-15H,1-3H3/t15-/m1/s1. The molecule has 0 aliphatic rings. The number of nitrogens with zero attached hydrogens (tertiary/aromatic N) is 5. The molecule has 0 saturated heterocycles. The lowest BCUT2D eigenvalue weighted by Crippen LogP contribution is -2.42. The molecule has 0 spiro atoms. The van der Waals surface area contributed by atoms with Gasteiger partial charge < -0.3 is 0 Å². The van der Waals surface area contributed by atoms with E-state index < -0.39 is 17.3 Å². The van der Waals surface area contributed by atoms with Gasteiger partial charge in [-0.15, -0.1) is 0 Å². The van der Waals surface area contributed by atoms with E-state index in [9.17, 15) is 14.4 Å². The minimum absolute atomic E-state index is 0.252. The van der Waals surface area contributed by atoms with Gasteiger partial charge in [-0.1, -0.05) is 48.5 Å². The highest BCUT2D eigenvalue weighted by molar-refractivity contribution is 5.82. The third kappa shape index (κ3) is 2.76. The Hall–Kier alpha value is -4.20. The highest BCUT2D eigenvalue weighted by atomic mass is 16.2. The molecule has 160 valence electrons. The highest BCUT2D eigenvalue weighted by Gasteiger charge is 2.25. The number of benzene rings is 2. The first-order valence-electron chi connectivity index (χ1n) is 10.3. The van der Waals surface area contributed by atoms with Gasteiger partial charge in [0, 0.05) is 24.5 Å². The van der Waals surface area contributed by atoms with Gasteiger partial charge in [0.25, 0.3) is 5.56 Å². The molecule has 3 heterocycles. The monoisotopic (exact) mass is 427 g/mol. The molecule has 5 rings (SSSR count). The predicted molar refractivity (Wildman–Crippen MR) is 122 cm³/mol. The zero-order chi connectivity index (χ0) is 22.6. The maximum atomic E-state index is 13.4. The Morgan fingerprint density at radius 1 is 0.969 bits per heavy atom. The lowest BCUT2D eigenvalue weighted by atomic mass is 10.1. The fourth-order valence-electron chi connectivity index (χ4n) is 4.03. The summed E-state index contributed by atoms with van der Waals surface area (Å²) in [5.41, 5.74) is 2.09. The SMILES string of the molecule is CC(=O)[C@@H](C)n1c(=O)c2c(nc3n(-c4ccccc4)c(-c4ccccc4)cn23)n(C)c1=O. The van der Waals surface area contributed by atoms with Crippen molar-refractivity contribution in [1.29, 1.82) is 0 Å². The number of hydrogen-bond donors (Lipinski definition) is 0. The molecule has 2 aromatic carbocycles. The van der Waals surface area contributed by atoms with Gasteiger partial charge >= 0.3 is 5.69 Å². The number of ketones is 1. The maximum absolute atomic E-state index is 13.4. The molecule has 32 heavy (non-hydrogen) atoms. The number of hydrogen-bond acceptors (Lipinski definition) is 4. The second-order valence-corrected chi connectivity index (χ2v) is 7.81. The number of carbonyl (C=O) groups is 1. The molecule has 3 aromatic heterocycles. The lowest BCUT2D eigenvalue weighted by molar-refractivity contribution is -0.119. The van der Waals surface area contributed by atoms with Crippen LogP contribution in [-0.2, 0) is 11.8 Å². The van der Waals surface area contributed by atoms with Crippen LogP contribution in [-0.4, -0.2) is 28.9 Å². The molecule has 0 unspecified atom stereocenters. The summed E-state index contributed by atoms with van der Waals surface area (Å²) >= 11 is 0. The first kappa shape index (κ1) is 19.7. The smallest absolute Gasteiger partial charge is 0.298 e. The zero-order valence-corrected chi connectivity index (χ0v) is 17.9. The molecule has 0 fully saturated rings. The van der Waals surface area contributed by atoms with E-state index in [0.29, 0.717) is 5.78 Å². The van der Waals surface area contributed by atoms with E-state index in [2.05, 4.69) is 0 Å². The Bertz CT molecular complexity index is 1600. The van der Waals surface area contributed by atoms with Crippen LogP contribution in [0, 0.1) is 0 Å². The fourth-order valence-corrected chi connectivity index (χ4v) is 4.03. The summed E-state index contributed by atoms with van der Waals surface area (Å²) < 4.78 is 5.98. The van der Waals surface area contributed by atoms with Crippen LogP contribution in [0.5, 0.6) is 0 Å². The molecule has 0 radical (unpaired) electrons. The van der Waals surface area contributed by atoms with Crippen molar-refractivity contribution in [2.24, 2.45) is 7.05 Å². The van der Waals surface area contributed by atoms with Crippen LogP contribution < -0.4 is 11.2 Å². The molecule has 0 N–H and O–H groups in total. The van der Waals surface area contributed by atoms with Crippen LogP contribution in [0.2, 0.25) is 0 Å². The molecule has 0 bridgehead atoms. The molecule has 1 atom stereocenters. The number of Topliss-reactive ketones (excluding diaryl/α,β-unsaturated/α-hetero) is 1. The van der Waals surface area contributed by atoms with E-state index in [0.717, 1.165) is 21.5 Å². The van der Waals surface area contributed by atoms with Gasteiger partial charge in [-0.3, -0.25) is 23.1 Å². The van der Waals surface area contributed by atoms with Crippen molar-refractivity contribution in [2.45, 2.75) is 19.9 Å². The second-order valence-electron chi connectivity index (χ2n) is 7.81. The molecular formula is C24H21N5O3. The number of carbonyl (C=O) groups excluding carboxylic acids is 1. The Kier molecular flexibility index (Phi) is 4.44. The third-order valence-corrected chi connectivity index (χ3v) is 5.86. The van der Waals surface area contributed by atoms with E-state index in [-0.39, 0.29) is 16.9 Å². The summed E-state index contributed by atoms with van der Waals surface area (Å²) in [6.07, 6.45) is 1.85. The molecular weight excluding hydrogens is 406 g/mol. The molecule has 0 aliphatic heterocycles. The van der Waals surface area contributed by atoms with Crippen LogP contribution in [0.25, 0.3) is 33.9 Å². The van der Waals surface area contributed by atoms with Crippen molar-refractivity contribution >= 4 is 22.7 Å². The van der Waals surface area contributed by atoms with Gasteiger partial charge in [0.1, 0.15) is 0 Å². The summed E-state index contributed by atoms with van der Waals surface area (Å²) in [6, 6.07) is 18.7. The molecule has 0 saturated carbocycles. The van der Waals surface area contributed by atoms with Crippen molar-refractivity contribution in [3.8, 4) is 16.9 Å². The van der Waals surface area contributed by atoms with Crippen molar-refractivity contribution in [3.63, 3.8) is 0 Å². The quantitative estimate of drug-likeness (QED) is 0.442. The maximum Gasteiger partial charge on any atom is 0.333 e.